The quantitative estimate of drug-likeness (QED) is 0.387. The molecule has 1 N–H and O–H groups in total. The monoisotopic (exact) mass is 340 g/mol. The summed E-state index contributed by atoms with van der Waals surface area (Å²) in [5, 5.41) is 2.27. The van der Waals surface area contributed by atoms with Crippen molar-refractivity contribution >= 4 is 5.57 Å². The lowest BCUT2D eigenvalue weighted by atomic mass is 10.1. The summed E-state index contributed by atoms with van der Waals surface area (Å²) >= 11 is 0. The standard InChI is InChI=1S/C23H36N2/c1-6-7-8-9-21(4)25(24-18-23(5)15-16-23)17-14-20(3)22-12-10-19(2)11-13-22/h10-14,24H,4,6-9,15-18H2,1-3,5H3/b20-14+. The van der Waals surface area contributed by atoms with Crippen molar-refractivity contribution in [3.63, 3.8) is 0 Å². The van der Waals surface area contributed by atoms with Gasteiger partial charge in [-0.3, -0.25) is 0 Å². The van der Waals surface area contributed by atoms with E-state index in [1.165, 1.54) is 54.5 Å². The SMILES string of the molecule is C=C(CCCCC)N(C/C=C(\C)c1ccc(C)cc1)NCC1(C)CC1. The minimum Gasteiger partial charge on any atom is -0.309 e. The number of aryl methyl sites for hydroxylation is 1. The van der Waals surface area contributed by atoms with Gasteiger partial charge in [-0.25, -0.2) is 5.43 Å². The van der Waals surface area contributed by atoms with Gasteiger partial charge in [0.2, 0.25) is 0 Å². The first-order valence-electron chi connectivity index (χ1n) is 9.86. The predicted molar refractivity (Wildman–Crippen MR) is 110 cm³/mol. The van der Waals surface area contributed by atoms with Gasteiger partial charge in [0.1, 0.15) is 0 Å². The molecular weight excluding hydrogens is 304 g/mol. The Morgan fingerprint density at radius 1 is 1.24 bits per heavy atom. The van der Waals surface area contributed by atoms with Crippen LogP contribution in [0.25, 0.3) is 5.57 Å². The van der Waals surface area contributed by atoms with Gasteiger partial charge in [-0.15, -0.1) is 0 Å². The molecular formula is C23H36N2. The van der Waals surface area contributed by atoms with E-state index in [4.69, 9.17) is 0 Å². The molecule has 0 radical (unpaired) electrons. The topological polar surface area (TPSA) is 15.3 Å². The van der Waals surface area contributed by atoms with Crippen LogP contribution < -0.4 is 5.43 Å². The second-order valence-corrected chi connectivity index (χ2v) is 8.03. The highest BCUT2D eigenvalue weighted by Crippen LogP contribution is 2.44. The highest BCUT2D eigenvalue weighted by atomic mass is 15.5. The van der Waals surface area contributed by atoms with E-state index in [9.17, 15) is 0 Å². The van der Waals surface area contributed by atoms with E-state index in [1.807, 2.05) is 0 Å². The lowest BCUT2D eigenvalue weighted by Gasteiger charge is -2.28. The van der Waals surface area contributed by atoms with Gasteiger partial charge in [-0.05, 0) is 56.1 Å². The van der Waals surface area contributed by atoms with Gasteiger partial charge in [0.15, 0.2) is 0 Å². The Bertz CT molecular complexity index is 579. The Hall–Kier alpha value is -1.54. The number of hydrogen-bond donors (Lipinski definition) is 1. The van der Waals surface area contributed by atoms with Gasteiger partial charge in [0.25, 0.3) is 0 Å². The molecule has 2 heteroatoms. The summed E-state index contributed by atoms with van der Waals surface area (Å²) in [7, 11) is 0. The molecule has 0 atom stereocenters. The molecule has 1 saturated carbocycles. The van der Waals surface area contributed by atoms with Crippen LogP contribution in [0.4, 0.5) is 0 Å². The van der Waals surface area contributed by atoms with E-state index in [0.717, 1.165) is 19.5 Å². The Labute approximate surface area is 155 Å². The number of rotatable bonds is 11. The summed E-state index contributed by atoms with van der Waals surface area (Å²) < 4.78 is 0. The molecule has 1 aromatic rings. The van der Waals surface area contributed by atoms with Crippen LogP contribution in [0.1, 0.15) is 70.4 Å². The number of nitrogens with one attached hydrogen (secondary N) is 1. The molecule has 1 aromatic carbocycles. The Balaban J connectivity index is 1.96. The van der Waals surface area contributed by atoms with Crippen LogP contribution in [0, 0.1) is 12.3 Å². The second-order valence-electron chi connectivity index (χ2n) is 8.03. The highest BCUT2D eigenvalue weighted by molar-refractivity contribution is 5.63. The molecule has 0 aromatic heterocycles. The summed E-state index contributed by atoms with van der Waals surface area (Å²) in [4.78, 5) is 0. The van der Waals surface area contributed by atoms with Gasteiger partial charge in [-0.2, -0.15) is 0 Å². The Morgan fingerprint density at radius 2 is 1.92 bits per heavy atom. The first-order valence-corrected chi connectivity index (χ1v) is 9.86. The Kier molecular flexibility index (Phi) is 7.31. The van der Waals surface area contributed by atoms with Crippen molar-refractivity contribution in [2.45, 2.75) is 66.2 Å². The number of unbranched alkanes of at least 4 members (excludes halogenated alkanes) is 2. The molecule has 0 aliphatic heterocycles. The van der Waals surface area contributed by atoms with Crippen LogP contribution in [-0.4, -0.2) is 18.1 Å². The van der Waals surface area contributed by atoms with Crippen LogP contribution in [0.5, 0.6) is 0 Å². The average molecular weight is 341 g/mol. The number of hydrogen-bond acceptors (Lipinski definition) is 2. The van der Waals surface area contributed by atoms with Gasteiger partial charge in [0, 0.05) is 12.2 Å². The molecule has 2 nitrogen and oxygen atoms in total. The molecule has 25 heavy (non-hydrogen) atoms. The number of allylic oxidation sites excluding steroid dienone is 2. The second kappa shape index (κ2) is 9.24. The fourth-order valence-corrected chi connectivity index (χ4v) is 2.86. The van der Waals surface area contributed by atoms with Gasteiger partial charge >= 0.3 is 0 Å². The smallest absolute Gasteiger partial charge is 0.0527 e. The molecule has 0 saturated heterocycles. The maximum absolute atomic E-state index is 4.34. The molecule has 138 valence electrons. The average Bonchev–Trinajstić information content (AvgIpc) is 3.33. The zero-order chi connectivity index (χ0) is 18.3. The first kappa shape index (κ1) is 19.8. The summed E-state index contributed by atoms with van der Waals surface area (Å²) in [5.41, 5.74) is 9.30. The minimum atomic E-state index is 0.498. The third-order valence-corrected chi connectivity index (χ3v) is 5.34. The lowest BCUT2D eigenvalue weighted by Crippen LogP contribution is -2.40. The zero-order valence-electron chi connectivity index (χ0n) is 16.7. The van der Waals surface area contributed by atoms with Gasteiger partial charge in [-0.1, -0.05) is 69.2 Å². The van der Waals surface area contributed by atoms with E-state index < -0.39 is 0 Å². The van der Waals surface area contributed by atoms with E-state index in [2.05, 4.69) is 75.1 Å². The third kappa shape index (κ3) is 6.70. The lowest BCUT2D eigenvalue weighted by molar-refractivity contribution is 0.237. The molecule has 1 aliphatic rings. The summed E-state index contributed by atoms with van der Waals surface area (Å²) in [5.74, 6) is 0. The van der Waals surface area contributed by atoms with Crippen LogP contribution in [0.15, 0.2) is 42.6 Å². The molecule has 2 rings (SSSR count). The van der Waals surface area contributed by atoms with Crippen molar-refractivity contribution in [1.82, 2.24) is 10.4 Å². The van der Waals surface area contributed by atoms with Crippen LogP contribution >= 0.6 is 0 Å². The number of benzene rings is 1. The summed E-state index contributed by atoms with van der Waals surface area (Å²) in [6.07, 6.45) is 9.84. The van der Waals surface area contributed by atoms with Crippen molar-refractivity contribution in [2.24, 2.45) is 5.41 Å². The van der Waals surface area contributed by atoms with Crippen molar-refractivity contribution in [2.75, 3.05) is 13.1 Å². The Morgan fingerprint density at radius 3 is 2.52 bits per heavy atom. The van der Waals surface area contributed by atoms with Crippen molar-refractivity contribution in [3.05, 3.63) is 53.7 Å². The van der Waals surface area contributed by atoms with E-state index in [0.29, 0.717) is 5.41 Å². The molecule has 1 fully saturated rings. The van der Waals surface area contributed by atoms with Gasteiger partial charge < -0.3 is 5.01 Å². The van der Waals surface area contributed by atoms with Crippen LogP contribution in [-0.2, 0) is 0 Å². The first-order chi connectivity index (χ1) is 11.9. The fraction of sp³-hybridized carbons (Fsp3) is 0.565. The van der Waals surface area contributed by atoms with E-state index in [-0.39, 0.29) is 0 Å². The number of nitrogens with zero attached hydrogens (tertiary/aromatic N) is 1. The molecule has 0 heterocycles. The van der Waals surface area contributed by atoms with E-state index in [1.54, 1.807) is 0 Å². The molecule has 1 aliphatic carbocycles. The maximum Gasteiger partial charge on any atom is 0.0527 e. The fourth-order valence-electron chi connectivity index (χ4n) is 2.86. The molecule has 0 unspecified atom stereocenters. The van der Waals surface area contributed by atoms with Crippen LogP contribution in [0.2, 0.25) is 0 Å². The summed E-state index contributed by atoms with van der Waals surface area (Å²) in [6, 6.07) is 8.78. The largest absolute Gasteiger partial charge is 0.309 e. The summed E-state index contributed by atoms with van der Waals surface area (Å²) in [6.45, 7) is 15.2. The zero-order valence-corrected chi connectivity index (χ0v) is 16.7. The number of hydrazine groups is 1. The minimum absolute atomic E-state index is 0.498. The normalized spacial score (nSPS) is 15.9. The predicted octanol–water partition coefficient (Wildman–Crippen LogP) is 6.10. The van der Waals surface area contributed by atoms with Gasteiger partial charge in [0.05, 0.1) is 6.54 Å². The van der Waals surface area contributed by atoms with Crippen molar-refractivity contribution < 1.29 is 0 Å². The van der Waals surface area contributed by atoms with Crippen molar-refractivity contribution in [1.29, 1.82) is 0 Å². The maximum atomic E-state index is 4.34. The third-order valence-electron chi connectivity index (χ3n) is 5.34. The van der Waals surface area contributed by atoms with E-state index >= 15 is 0 Å². The molecule has 0 bridgehead atoms. The molecule has 0 spiro atoms. The van der Waals surface area contributed by atoms with Crippen molar-refractivity contribution in [3.8, 4) is 0 Å². The molecule has 0 amide bonds. The highest BCUT2D eigenvalue weighted by Gasteiger charge is 2.37. The van der Waals surface area contributed by atoms with Crippen LogP contribution in [0.3, 0.4) is 0 Å².